The molecule has 2 aromatic carbocycles. The summed E-state index contributed by atoms with van der Waals surface area (Å²) in [6, 6.07) is 16.6. The fourth-order valence-corrected chi connectivity index (χ4v) is 1.76. The molecule has 4 heteroatoms. The number of hydrogen-bond acceptors (Lipinski definition) is 2. The minimum atomic E-state index is -0.931. The third-order valence-electron chi connectivity index (χ3n) is 2.66. The molecular formula is C17H23N2O2+. The van der Waals surface area contributed by atoms with E-state index < -0.39 is 5.97 Å². The van der Waals surface area contributed by atoms with Crippen LogP contribution in [0, 0.1) is 0 Å². The van der Waals surface area contributed by atoms with Crippen molar-refractivity contribution in [2.75, 3.05) is 26.9 Å². The normalized spacial score (nSPS) is 10.4. The van der Waals surface area contributed by atoms with Crippen molar-refractivity contribution in [1.29, 1.82) is 0 Å². The first kappa shape index (κ1) is 16.7. The summed E-state index contributed by atoms with van der Waals surface area (Å²) in [4.78, 5) is 10.3. The van der Waals surface area contributed by atoms with Crippen LogP contribution in [0.15, 0.2) is 54.6 Å². The molecule has 3 N–H and O–H groups in total. The number of benzene rings is 2. The van der Waals surface area contributed by atoms with Crippen LogP contribution in [0.5, 0.6) is 0 Å². The molecule has 0 radical (unpaired) electrons. The zero-order valence-corrected chi connectivity index (χ0v) is 12.8. The van der Waals surface area contributed by atoms with E-state index in [1.807, 2.05) is 0 Å². The highest BCUT2D eigenvalue weighted by Crippen LogP contribution is 2.05. The predicted octanol–water partition coefficient (Wildman–Crippen LogP) is 2.86. The second-order valence-corrected chi connectivity index (χ2v) is 5.86. The summed E-state index contributed by atoms with van der Waals surface area (Å²) in [5.74, 6) is -0.931. The maximum atomic E-state index is 10.3. The molecule has 0 spiro atoms. The number of rotatable bonds is 3. The standard InChI is InChI=1S/C10H16N.C7H7NO2/c1-11(2,3)9-10-7-5-4-6-8-10;8-6-3-1-5(2-4-6)7(9)10/h4-8H,9H2,1-3H3;1-4H,8H2,(H,9,10)/q+1;. The highest BCUT2D eigenvalue weighted by atomic mass is 16.4. The third-order valence-corrected chi connectivity index (χ3v) is 2.66. The number of aromatic carboxylic acids is 1. The lowest BCUT2D eigenvalue weighted by atomic mass is 10.2. The molecule has 0 aromatic heterocycles. The largest absolute Gasteiger partial charge is 0.478 e. The molecule has 2 aromatic rings. The first-order valence-corrected chi connectivity index (χ1v) is 6.71. The zero-order valence-electron chi connectivity index (χ0n) is 12.8. The van der Waals surface area contributed by atoms with E-state index in [0.717, 1.165) is 11.0 Å². The molecule has 0 saturated heterocycles. The second kappa shape index (κ2) is 7.45. The van der Waals surface area contributed by atoms with Crippen molar-refractivity contribution in [3.05, 3.63) is 65.7 Å². The van der Waals surface area contributed by atoms with Crippen molar-refractivity contribution in [2.45, 2.75) is 6.54 Å². The molecule has 0 aliphatic carbocycles. The van der Waals surface area contributed by atoms with Crippen LogP contribution in [0.2, 0.25) is 0 Å². The number of hydrogen-bond donors (Lipinski definition) is 2. The molecule has 0 saturated carbocycles. The van der Waals surface area contributed by atoms with Gasteiger partial charge in [-0.1, -0.05) is 30.3 Å². The number of quaternary nitrogens is 1. The lowest BCUT2D eigenvalue weighted by Gasteiger charge is -2.23. The Bertz CT molecular complexity index is 558. The number of nitrogen functional groups attached to an aromatic ring is 1. The van der Waals surface area contributed by atoms with Crippen molar-refractivity contribution in [2.24, 2.45) is 0 Å². The minimum absolute atomic E-state index is 0.259. The van der Waals surface area contributed by atoms with Crippen LogP contribution in [0.1, 0.15) is 15.9 Å². The van der Waals surface area contributed by atoms with Gasteiger partial charge in [0.2, 0.25) is 0 Å². The van der Waals surface area contributed by atoms with Crippen molar-refractivity contribution < 1.29 is 14.4 Å². The summed E-state index contributed by atoms with van der Waals surface area (Å²) >= 11 is 0. The average molecular weight is 287 g/mol. The van der Waals surface area contributed by atoms with E-state index in [0.29, 0.717) is 5.69 Å². The van der Waals surface area contributed by atoms with Gasteiger partial charge in [0.15, 0.2) is 0 Å². The van der Waals surface area contributed by atoms with Gasteiger partial charge in [-0.3, -0.25) is 0 Å². The van der Waals surface area contributed by atoms with Crippen LogP contribution in [0.4, 0.5) is 5.69 Å². The molecule has 0 aliphatic heterocycles. The Kier molecular flexibility index (Phi) is 5.93. The number of carbonyl (C=O) groups is 1. The van der Waals surface area contributed by atoms with Gasteiger partial charge >= 0.3 is 5.97 Å². The first-order valence-electron chi connectivity index (χ1n) is 6.71. The van der Waals surface area contributed by atoms with Crippen molar-refractivity contribution in [1.82, 2.24) is 0 Å². The Morgan fingerprint density at radius 2 is 1.52 bits per heavy atom. The van der Waals surface area contributed by atoms with Crippen molar-refractivity contribution in [3.63, 3.8) is 0 Å². The molecule has 0 amide bonds. The summed E-state index contributed by atoms with van der Waals surface area (Å²) in [6.45, 7) is 1.10. The maximum absolute atomic E-state index is 10.3. The molecule has 0 aliphatic rings. The van der Waals surface area contributed by atoms with Gasteiger partial charge < -0.3 is 15.3 Å². The van der Waals surface area contributed by atoms with Gasteiger partial charge in [0.05, 0.1) is 26.7 Å². The number of carboxylic acids is 1. The van der Waals surface area contributed by atoms with Crippen LogP contribution in [-0.4, -0.2) is 36.7 Å². The molecule has 0 unspecified atom stereocenters. The highest BCUT2D eigenvalue weighted by Gasteiger charge is 2.06. The number of nitrogens with zero attached hydrogens (tertiary/aromatic N) is 1. The average Bonchev–Trinajstić information content (AvgIpc) is 2.39. The lowest BCUT2D eigenvalue weighted by Crippen LogP contribution is -2.33. The smallest absolute Gasteiger partial charge is 0.335 e. The Balaban J connectivity index is 0.000000211. The second-order valence-electron chi connectivity index (χ2n) is 5.86. The molecule has 4 nitrogen and oxygen atoms in total. The SMILES string of the molecule is C[N+](C)(C)Cc1ccccc1.Nc1ccc(C(=O)O)cc1. The Morgan fingerprint density at radius 3 is 1.95 bits per heavy atom. The number of carboxylic acid groups (broad SMARTS) is 1. The summed E-state index contributed by atoms with van der Waals surface area (Å²) < 4.78 is 0.990. The van der Waals surface area contributed by atoms with E-state index in [2.05, 4.69) is 51.5 Å². The van der Waals surface area contributed by atoms with Gasteiger partial charge in [-0.25, -0.2) is 4.79 Å². The molecule has 2 rings (SSSR count). The summed E-state index contributed by atoms with van der Waals surface area (Å²) in [6.07, 6.45) is 0. The Morgan fingerprint density at radius 1 is 1.00 bits per heavy atom. The van der Waals surface area contributed by atoms with E-state index in [1.165, 1.54) is 17.7 Å². The molecule has 0 fully saturated rings. The number of anilines is 1. The van der Waals surface area contributed by atoms with Gasteiger partial charge in [0.1, 0.15) is 6.54 Å². The first-order chi connectivity index (χ1) is 9.78. The molecule has 112 valence electrons. The molecule has 0 atom stereocenters. The van der Waals surface area contributed by atoms with Gasteiger partial charge in [0.25, 0.3) is 0 Å². The van der Waals surface area contributed by atoms with Gasteiger partial charge in [-0.15, -0.1) is 0 Å². The highest BCUT2D eigenvalue weighted by molar-refractivity contribution is 5.87. The lowest BCUT2D eigenvalue weighted by molar-refractivity contribution is -0.884. The van der Waals surface area contributed by atoms with Gasteiger partial charge in [-0.2, -0.15) is 0 Å². The fourth-order valence-electron chi connectivity index (χ4n) is 1.76. The van der Waals surface area contributed by atoms with E-state index in [9.17, 15) is 4.79 Å². The van der Waals surface area contributed by atoms with Gasteiger partial charge in [-0.05, 0) is 24.3 Å². The summed E-state index contributed by atoms with van der Waals surface area (Å²) in [5.41, 5.74) is 7.57. The maximum Gasteiger partial charge on any atom is 0.335 e. The third kappa shape index (κ3) is 7.13. The summed E-state index contributed by atoms with van der Waals surface area (Å²) in [5, 5.41) is 8.43. The topological polar surface area (TPSA) is 63.3 Å². The molecule has 0 bridgehead atoms. The van der Waals surface area contributed by atoms with Crippen molar-refractivity contribution in [3.8, 4) is 0 Å². The predicted molar refractivity (Wildman–Crippen MR) is 86.0 cm³/mol. The summed E-state index contributed by atoms with van der Waals surface area (Å²) in [7, 11) is 6.60. The van der Waals surface area contributed by atoms with Crippen LogP contribution in [0.3, 0.4) is 0 Å². The van der Waals surface area contributed by atoms with E-state index >= 15 is 0 Å². The monoisotopic (exact) mass is 287 g/mol. The van der Waals surface area contributed by atoms with Crippen molar-refractivity contribution >= 4 is 11.7 Å². The Hall–Kier alpha value is -2.33. The van der Waals surface area contributed by atoms with Crippen LogP contribution >= 0.6 is 0 Å². The molecule has 21 heavy (non-hydrogen) atoms. The van der Waals surface area contributed by atoms with E-state index in [4.69, 9.17) is 10.8 Å². The quantitative estimate of drug-likeness (QED) is 0.674. The van der Waals surface area contributed by atoms with E-state index in [-0.39, 0.29) is 5.56 Å². The Labute approximate surface area is 126 Å². The van der Waals surface area contributed by atoms with Crippen LogP contribution in [0.25, 0.3) is 0 Å². The number of nitrogens with two attached hydrogens (primary N) is 1. The van der Waals surface area contributed by atoms with Gasteiger partial charge in [0, 0.05) is 11.3 Å². The minimum Gasteiger partial charge on any atom is -0.478 e. The van der Waals surface area contributed by atoms with Crippen LogP contribution < -0.4 is 5.73 Å². The molecular weight excluding hydrogens is 264 g/mol. The fraction of sp³-hybridized carbons (Fsp3) is 0.235. The zero-order chi connectivity index (χ0) is 15.9. The van der Waals surface area contributed by atoms with E-state index in [1.54, 1.807) is 12.1 Å². The van der Waals surface area contributed by atoms with Crippen LogP contribution in [-0.2, 0) is 6.54 Å². The molecule has 0 heterocycles.